The van der Waals surface area contributed by atoms with Crippen LogP contribution in [0.25, 0.3) is 10.9 Å². The van der Waals surface area contributed by atoms with Crippen molar-refractivity contribution in [2.75, 3.05) is 6.54 Å². The maximum Gasteiger partial charge on any atom is 0.0661 e. The van der Waals surface area contributed by atoms with Gasteiger partial charge in [-0.25, -0.2) is 0 Å². The zero-order chi connectivity index (χ0) is 11.1. The van der Waals surface area contributed by atoms with Gasteiger partial charge in [0.25, 0.3) is 0 Å². The molecule has 0 saturated carbocycles. The summed E-state index contributed by atoms with van der Waals surface area (Å²) in [6, 6.07) is 7.10. The van der Waals surface area contributed by atoms with Gasteiger partial charge in [0, 0.05) is 30.2 Å². The molecular formula is C13H15ClN2. The molecule has 16 heavy (non-hydrogen) atoms. The van der Waals surface area contributed by atoms with E-state index in [4.69, 9.17) is 11.6 Å². The summed E-state index contributed by atoms with van der Waals surface area (Å²) in [5, 5.41) is 5.50. The Morgan fingerprint density at radius 3 is 3.06 bits per heavy atom. The summed E-state index contributed by atoms with van der Waals surface area (Å²) >= 11 is 6.15. The van der Waals surface area contributed by atoms with Crippen molar-refractivity contribution in [2.45, 2.75) is 18.9 Å². The van der Waals surface area contributed by atoms with Crippen LogP contribution in [0.15, 0.2) is 24.4 Å². The molecule has 3 heteroatoms. The molecule has 84 valence electrons. The second-order valence-corrected chi connectivity index (χ2v) is 4.92. The Bertz CT molecular complexity index is 524. The normalized spacial score (nSPS) is 20.8. The molecule has 2 heterocycles. The molecule has 3 rings (SSSR count). The Morgan fingerprint density at radius 1 is 1.44 bits per heavy atom. The van der Waals surface area contributed by atoms with Crippen LogP contribution in [0.3, 0.4) is 0 Å². The molecule has 0 bridgehead atoms. The highest BCUT2D eigenvalue weighted by Gasteiger charge is 2.17. The predicted molar refractivity (Wildman–Crippen MR) is 67.9 cm³/mol. The van der Waals surface area contributed by atoms with Crippen LogP contribution in [0.5, 0.6) is 0 Å². The van der Waals surface area contributed by atoms with Gasteiger partial charge < -0.3 is 9.88 Å². The van der Waals surface area contributed by atoms with E-state index in [1.54, 1.807) is 0 Å². The lowest BCUT2D eigenvalue weighted by Crippen LogP contribution is -2.12. The van der Waals surface area contributed by atoms with E-state index in [0.717, 1.165) is 17.0 Å². The average molecular weight is 235 g/mol. The number of hydrogen-bond donors (Lipinski definition) is 1. The van der Waals surface area contributed by atoms with Gasteiger partial charge in [0.05, 0.1) is 5.02 Å². The molecule has 0 spiro atoms. The number of nitrogens with one attached hydrogen (secondary N) is 1. The van der Waals surface area contributed by atoms with E-state index >= 15 is 0 Å². The number of fused-ring (bicyclic) bond motifs is 1. The molecule has 1 unspecified atom stereocenters. The van der Waals surface area contributed by atoms with E-state index in [1.807, 2.05) is 13.2 Å². The van der Waals surface area contributed by atoms with Crippen molar-refractivity contribution in [2.24, 2.45) is 7.05 Å². The quantitative estimate of drug-likeness (QED) is 0.802. The summed E-state index contributed by atoms with van der Waals surface area (Å²) in [7, 11) is 2.04. The Balaban J connectivity index is 2.11. The molecule has 1 aliphatic rings. The molecule has 1 aromatic carbocycles. The summed E-state index contributed by atoms with van der Waals surface area (Å²) < 4.78 is 2.09. The largest absolute Gasteiger partial charge is 0.349 e. The first-order chi connectivity index (χ1) is 7.75. The van der Waals surface area contributed by atoms with Gasteiger partial charge >= 0.3 is 0 Å². The molecular weight excluding hydrogens is 220 g/mol. The van der Waals surface area contributed by atoms with E-state index < -0.39 is 0 Å². The minimum Gasteiger partial charge on any atom is -0.349 e. The highest BCUT2D eigenvalue weighted by molar-refractivity contribution is 6.35. The van der Waals surface area contributed by atoms with E-state index in [2.05, 4.69) is 28.1 Å². The van der Waals surface area contributed by atoms with Crippen molar-refractivity contribution >= 4 is 22.5 Å². The second kappa shape index (κ2) is 3.79. The maximum absolute atomic E-state index is 6.15. The fourth-order valence-electron chi connectivity index (χ4n) is 2.54. The fourth-order valence-corrected chi connectivity index (χ4v) is 2.84. The van der Waals surface area contributed by atoms with Crippen LogP contribution in [0.2, 0.25) is 5.02 Å². The van der Waals surface area contributed by atoms with Crippen LogP contribution in [-0.2, 0) is 7.05 Å². The molecule has 1 fully saturated rings. The standard InChI is InChI=1S/C13H15ClN2/c1-16-8-11(14)10-5-4-9(7-13(10)16)12-3-2-6-15-12/h4-5,7-8,12,15H,2-3,6H2,1H3. The van der Waals surface area contributed by atoms with Crippen molar-refractivity contribution in [3.8, 4) is 0 Å². The summed E-state index contributed by atoms with van der Waals surface area (Å²) in [4.78, 5) is 0. The number of rotatable bonds is 1. The number of halogens is 1. The van der Waals surface area contributed by atoms with E-state index in [1.165, 1.54) is 23.9 Å². The first-order valence-electron chi connectivity index (χ1n) is 5.73. The monoisotopic (exact) mass is 234 g/mol. The summed E-state index contributed by atoms with van der Waals surface area (Å²) in [5.41, 5.74) is 2.60. The third kappa shape index (κ3) is 1.53. The van der Waals surface area contributed by atoms with Gasteiger partial charge in [-0.3, -0.25) is 0 Å². The molecule has 1 aromatic heterocycles. The van der Waals surface area contributed by atoms with Gasteiger partial charge in [-0.15, -0.1) is 0 Å². The lowest BCUT2D eigenvalue weighted by molar-refractivity contribution is 0.648. The molecule has 2 aromatic rings. The van der Waals surface area contributed by atoms with Crippen LogP contribution >= 0.6 is 11.6 Å². The van der Waals surface area contributed by atoms with Gasteiger partial charge in [-0.1, -0.05) is 23.7 Å². The average Bonchev–Trinajstić information content (AvgIpc) is 2.88. The van der Waals surface area contributed by atoms with Gasteiger partial charge in [0.2, 0.25) is 0 Å². The third-order valence-corrected chi connectivity index (χ3v) is 3.73. The maximum atomic E-state index is 6.15. The van der Waals surface area contributed by atoms with Crippen molar-refractivity contribution in [1.29, 1.82) is 0 Å². The number of nitrogens with zero attached hydrogens (tertiary/aromatic N) is 1. The molecule has 1 atom stereocenters. The fraction of sp³-hybridized carbons (Fsp3) is 0.385. The molecule has 0 amide bonds. The summed E-state index contributed by atoms with van der Waals surface area (Å²) in [5.74, 6) is 0. The Morgan fingerprint density at radius 2 is 2.31 bits per heavy atom. The van der Waals surface area contributed by atoms with Gasteiger partial charge in [-0.2, -0.15) is 0 Å². The van der Waals surface area contributed by atoms with Crippen molar-refractivity contribution in [3.63, 3.8) is 0 Å². The third-order valence-electron chi connectivity index (χ3n) is 3.43. The first kappa shape index (κ1) is 10.2. The molecule has 1 N–H and O–H groups in total. The summed E-state index contributed by atoms with van der Waals surface area (Å²) in [6.07, 6.45) is 4.48. The van der Waals surface area contributed by atoms with Crippen LogP contribution in [0, 0.1) is 0 Å². The van der Waals surface area contributed by atoms with Crippen LogP contribution in [0.1, 0.15) is 24.4 Å². The van der Waals surface area contributed by atoms with Gasteiger partial charge in [-0.05, 0) is 31.0 Å². The Hall–Kier alpha value is -0.990. The topological polar surface area (TPSA) is 17.0 Å². The first-order valence-corrected chi connectivity index (χ1v) is 6.11. The minimum absolute atomic E-state index is 0.526. The van der Waals surface area contributed by atoms with E-state index in [0.29, 0.717) is 6.04 Å². The number of hydrogen-bond acceptors (Lipinski definition) is 1. The lowest BCUT2D eigenvalue weighted by Gasteiger charge is -2.11. The van der Waals surface area contributed by atoms with Gasteiger partial charge in [0.1, 0.15) is 0 Å². The van der Waals surface area contributed by atoms with Crippen LogP contribution in [-0.4, -0.2) is 11.1 Å². The zero-order valence-corrected chi connectivity index (χ0v) is 10.1. The number of aryl methyl sites for hydroxylation is 1. The minimum atomic E-state index is 0.526. The molecule has 2 nitrogen and oxygen atoms in total. The summed E-state index contributed by atoms with van der Waals surface area (Å²) in [6.45, 7) is 1.14. The van der Waals surface area contributed by atoms with Crippen LogP contribution in [0.4, 0.5) is 0 Å². The smallest absolute Gasteiger partial charge is 0.0661 e. The van der Waals surface area contributed by atoms with Gasteiger partial charge in [0.15, 0.2) is 0 Å². The molecule has 1 aliphatic heterocycles. The SMILES string of the molecule is Cn1cc(Cl)c2ccc(C3CCCN3)cc21. The predicted octanol–water partition coefficient (Wildman–Crippen LogP) is 3.26. The van der Waals surface area contributed by atoms with Crippen molar-refractivity contribution in [1.82, 2.24) is 9.88 Å². The molecule has 0 aliphatic carbocycles. The van der Waals surface area contributed by atoms with E-state index in [9.17, 15) is 0 Å². The highest BCUT2D eigenvalue weighted by atomic mass is 35.5. The number of benzene rings is 1. The Labute approximate surface area is 100 Å². The highest BCUT2D eigenvalue weighted by Crippen LogP contribution is 2.30. The van der Waals surface area contributed by atoms with Crippen molar-refractivity contribution < 1.29 is 0 Å². The zero-order valence-electron chi connectivity index (χ0n) is 9.33. The lowest BCUT2D eigenvalue weighted by atomic mass is 10.0. The number of aromatic nitrogens is 1. The van der Waals surface area contributed by atoms with Crippen LogP contribution < -0.4 is 5.32 Å². The second-order valence-electron chi connectivity index (χ2n) is 4.51. The van der Waals surface area contributed by atoms with Crippen molar-refractivity contribution in [3.05, 3.63) is 35.0 Å². The molecule has 1 saturated heterocycles. The van der Waals surface area contributed by atoms with E-state index in [-0.39, 0.29) is 0 Å². The Kier molecular flexibility index (Phi) is 2.41. The molecule has 0 radical (unpaired) electrons.